The minimum Gasteiger partial charge on any atom is -0.497 e. The molecule has 3 unspecified atom stereocenters. The fourth-order valence-electron chi connectivity index (χ4n) is 6.63. The number of benzene rings is 4. The molecule has 50 heavy (non-hydrogen) atoms. The maximum atomic E-state index is 6.10. The molecule has 0 bridgehead atoms. The van der Waals surface area contributed by atoms with Gasteiger partial charge in [0.25, 0.3) is 0 Å². The topological polar surface area (TPSA) is 83.1 Å². The Morgan fingerprint density at radius 3 is 2.14 bits per heavy atom. The van der Waals surface area contributed by atoms with Gasteiger partial charge < -0.3 is 42.6 Å². The minimum absolute atomic E-state index is 0.108. The zero-order valence-electron chi connectivity index (χ0n) is 29.7. The van der Waals surface area contributed by atoms with Crippen molar-refractivity contribution in [2.24, 2.45) is 0 Å². The van der Waals surface area contributed by atoms with E-state index in [9.17, 15) is 0 Å². The molecular formula is C41H48O9. The Kier molecular flexibility index (Phi) is 12.3. The van der Waals surface area contributed by atoms with Gasteiger partial charge in [0.1, 0.15) is 29.1 Å². The summed E-state index contributed by atoms with van der Waals surface area (Å²) in [5.74, 6) is 3.09. The van der Waals surface area contributed by atoms with E-state index < -0.39 is 6.29 Å². The largest absolute Gasteiger partial charge is 0.497 e. The number of hydrogen-bond donors (Lipinski definition) is 0. The monoisotopic (exact) mass is 684 g/mol. The molecule has 0 aliphatic carbocycles. The molecule has 2 heterocycles. The van der Waals surface area contributed by atoms with E-state index in [2.05, 4.69) is 48.5 Å². The predicted molar refractivity (Wildman–Crippen MR) is 191 cm³/mol. The number of ether oxygens (including phenoxy) is 9. The van der Waals surface area contributed by atoms with Crippen molar-refractivity contribution in [3.63, 3.8) is 0 Å². The Bertz CT molecular complexity index is 1710. The van der Waals surface area contributed by atoms with Crippen molar-refractivity contribution in [1.29, 1.82) is 0 Å². The van der Waals surface area contributed by atoms with Crippen molar-refractivity contribution in [2.45, 2.75) is 57.4 Å². The van der Waals surface area contributed by atoms with Crippen molar-refractivity contribution < 1.29 is 42.6 Å². The van der Waals surface area contributed by atoms with Gasteiger partial charge >= 0.3 is 0 Å². The van der Waals surface area contributed by atoms with Crippen molar-refractivity contribution >= 4 is 0 Å². The third-order valence-electron chi connectivity index (χ3n) is 9.28. The first-order valence-corrected chi connectivity index (χ1v) is 17.2. The molecule has 0 radical (unpaired) electrons. The molecule has 0 saturated carbocycles. The summed E-state index contributed by atoms with van der Waals surface area (Å²) in [4.78, 5) is 0. The second-order valence-corrected chi connectivity index (χ2v) is 12.5. The molecule has 3 atom stereocenters. The van der Waals surface area contributed by atoms with Crippen LogP contribution in [0.15, 0.2) is 72.8 Å². The summed E-state index contributed by atoms with van der Waals surface area (Å²) in [5.41, 5.74) is 8.19. The molecule has 4 aromatic rings. The fourth-order valence-corrected chi connectivity index (χ4v) is 6.63. The van der Waals surface area contributed by atoms with Crippen LogP contribution in [0.4, 0.5) is 0 Å². The Hall–Kier alpha value is -4.12. The van der Waals surface area contributed by atoms with E-state index in [1.165, 1.54) is 0 Å². The lowest BCUT2D eigenvalue weighted by Gasteiger charge is -2.23. The number of hydrogen-bond acceptors (Lipinski definition) is 9. The maximum absolute atomic E-state index is 6.10. The molecule has 2 saturated heterocycles. The summed E-state index contributed by atoms with van der Waals surface area (Å²) in [6.45, 7) is 2.19. The van der Waals surface area contributed by atoms with E-state index in [1.807, 2.05) is 24.3 Å². The molecule has 0 N–H and O–H groups in total. The van der Waals surface area contributed by atoms with Crippen LogP contribution in [0.3, 0.4) is 0 Å². The molecule has 0 spiro atoms. The third kappa shape index (κ3) is 8.42. The van der Waals surface area contributed by atoms with Gasteiger partial charge in [-0.05, 0) is 96.8 Å². The van der Waals surface area contributed by atoms with E-state index in [4.69, 9.17) is 42.6 Å². The van der Waals surface area contributed by atoms with Gasteiger partial charge in [-0.3, -0.25) is 0 Å². The van der Waals surface area contributed by atoms with Gasteiger partial charge in [-0.15, -0.1) is 0 Å². The molecule has 9 nitrogen and oxygen atoms in total. The van der Waals surface area contributed by atoms with Crippen LogP contribution in [0.25, 0.3) is 22.3 Å². The highest BCUT2D eigenvalue weighted by Gasteiger charge is 2.28. The summed E-state index contributed by atoms with van der Waals surface area (Å²) < 4.78 is 52.3. The molecule has 2 aliphatic rings. The SMILES string of the molecule is COCC1COC(c2ccc(OC)c(-c3cc(CCc4cc(OC)ccc4-c4ccc(COC5CCCCO5)cc4OC)ccc3OC)c2)O1. The number of aryl methyl sites for hydroxylation is 2. The maximum Gasteiger partial charge on any atom is 0.184 e. The highest BCUT2D eigenvalue weighted by atomic mass is 16.7. The van der Waals surface area contributed by atoms with Gasteiger partial charge in [0.15, 0.2) is 12.6 Å². The molecule has 6 rings (SSSR count). The molecule has 2 fully saturated rings. The fraction of sp³-hybridized carbons (Fsp3) is 0.415. The van der Waals surface area contributed by atoms with Gasteiger partial charge in [-0.2, -0.15) is 0 Å². The second-order valence-electron chi connectivity index (χ2n) is 12.5. The molecule has 2 aliphatic heterocycles. The molecule has 9 heteroatoms. The lowest BCUT2D eigenvalue weighted by Crippen LogP contribution is -2.22. The molecule has 266 valence electrons. The Morgan fingerprint density at radius 2 is 1.40 bits per heavy atom. The first-order chi connectivity index (χ1) is 24.5. The van der Waals surface area contributed by atoms with Crippen LogP contribution in [-0.4, -0.2) is 67.8 Å². The summed E-state index contributed by atoms with van der Waals surface area (Å²) in [5, 5.41) is 0. The van der Waals surface area contributed by atoms with Crippen molar-refractivity contribution in [3.05, 3.63) is 95.1 Å². The van der Waals surface area contributed by atoms with Crippen molar-refractivity contribution in [3.8, 4) is 45.3 Å². The second kappa shape index (κ2) is 17.2. The lowest BCUT2D eigenvalue weighted by molar-refractivity contribution is -0.168. The Balaban J connectivity index is 1.25. The van der Waals surface area contributed by atoms with Crippen LogP contribution in [0.2, 0.25) is 0 Å². The zero-order chi connectivity index (χ0) is 34.9. The van der Waals surface area contributed by atoms with Crippen LogP contribution in [0.5, 0.6) is 23.0 Å². The zero-order valence-corrected chi connectivity index (χ0v) is 29.7. The van der Waals surface area contributed by atoms with Crippen molar-refractivity contribution in [2.75, 3.05) is 55.4 Å². The van der Waals surface area contributed by atoms with E-state index >= 15 is 0 Å². The van der Waals surface area contributed by atoms with E-state index in [0.717, 1.165) is 106 Å². The van der Waals surface area contributed by atoms with Gasteiger partial charge in [0.2, 0.25) is 0 Å². The molecule has 0 aromatic heterocycles. The van der Waals surface area contributed by atoms with Crippen LogP contribution in [0.1, 0.15) is 47.8 Å². The lowest BCUT2D eigenvalue weighted by atomic mass is 9.92. The third-order valence-corrected chi connectivity index (χ3v) is 9.28. The quantitative estimate of drug-likeness (QED) is 0.124. The Labute approximate surface area is 295 Å². The van der Waals surface area contributed by atoms with Crippen LogP contribution < -0.4 is 18.9 Å². The average Bonchev–Trinajstić information content (AvgIpc) is 3.65. The highest BCUT2D eigenvalue weighted by Crippen LogP contribution is 2.41. The summed E-state index contributed by atoms with van der Waals surface area (Å²) in [6, 6.07) is 24.8. The van der Waals surface area contributed by atoms with Crippen molar-refractivity contribution in [1.82, 2.24) is 0 Å². The minimum atomic E-state index is -0.482. The van der Waals surface area contributed by atoms with Gasteiger partial charge in [0, 0.05) is 36.0 Å². The average molecular weight is 685 g/mol. The van der Waals surface area contributed by atoms with Gasteiger partial charge in [-0.25, -0.2) is 0 Å². The van der Waals surface area contributed by atoms with Gasteiger partial charge in [-0.1, -0.05) is 30.3 Å². The van der Waals surface area contributed by atoms with E-state index in [-0.39, 0.29) is 12.4 Å². The first kappa shape index (κ1) is 35.7. The van der Waals surface area contributed by atoms with Crippen LogP contribution in [0, 0.1) is 0 Å². The molecule has 0 amide bonds. The summed E-state index contributed by atoms with van der Waals surface area (Å²) in [6.07, 6.45) is 3.98. The summed E-state index contributed by atoms with van der Waals surface area (Å²) >= 11 is 0. The smallest absolute Gasteiger partial charge is 0.184 e. The van der Waals surface area contributed by atoms with Crippen LogP contribution in [-0.2, 0) is 43.1 Å². The number of rotatable bonds is 15. The van der Waals surface area contributed by atoms with Crippen LogP contribution >= 0.6 is 0 Å². The molecule has 4 aromatic carbocycles. The standard InChI is InChI=1S/C41H48O9/c1-42-25-32-26-49-41(50-32)30-13-18-38(45-4)36(23-30)35-20-27(11-17-37(35)44-3)9-12-29-22-31(43-2)14-16-33(29)34-15-10-28(21-39(34)46-5)24-48-40-8-6-7-19-47-40/h10-11,13-18,20-23,32,40-41H,6-9,12,19,24-26H2,1-5H3. The summed E-state index contributed by atoms with van der Waals surface area (Å²) in [7, 11) is 8.43. The predicted octanol–water partition coefficient (Wildman–Crippen LogP) is 7.94. The van der Waals surface area contributed by atoms with E-state index in [1.54, 1.807) is 35.5 Å². The highest BCUT2D eigenvalue weighted by molar-refractivity contribution is 5.78. The van der Waals surface area contributed by atoms with E-state index in [0.29, 0.717) is 19.8 Å². The van der Waals surface area contributed by atoms with Gasteiger partial charge in [0.05, 0.1) is 48.3 Å². The molecular weight excluding hydrogens is 636 g/mol. The number of methoxy groups -OCH3 is 5. The first-order valence-electron chi connectivity index (χ1n) is 17.2. The Morgan fingerprint density at radius 1 is 0.640 bits per heavy atom. The normalized spacial score (nSPS) is 18.9.